The first-order valence-corrected chi connectivity index (χ1v) is 7.05. The Morgan fingerprint density at radius 3 is 2.80 bits per heavy atom. The Hall–Kier alpha value is -1.72. The van der Waals surface area contributed by atoms with Crippen molar-refractivity contribution < 1.29 is 9.53 Å². The van der Waals surface area contributed by atoms with Gasteiger partial charge in [0.2, 0.25) is 5.91 Å². The van der Waals surface area contributed by atoms with Crippen LogP contribution < -0.4 is 15.8 Å². The van der Waals surface area contributed by atoms with Crippen LogP contribution in [0, 0.1) is 0 Å². The summed E-state index contributed by atoms with van der Waals surface area (Å²) >= 11 is 9.44. The highest BCUT2D eigenvalue weighted by Gasteiger charge is 2.20. The van der Waals surface area contributed by atoms with Gasteiger partial charge in [0.15, 0.2) is 5.75 Å². The third kappa shape index (κ3) is 2.46. The molecule has 0 saturated carbocycles. The van der Waals surface area contributed by atoms with Gasteiger partial charge in [-0.15, -0.1) is 0 Å². The van der Waals surface area contributed by atoms with Gasteiger partial charge in [-0.25, -0.2) is 0 Å². The van der Waals surface area contributed by atoms with Crippen molar-refractivity contribution in [2.75, 3.05) is 11.1 Å². The number of carbonyl (C=O) groups is 1. The summed E-state index contributed by atoms with van der Waals surface area (Å²) in [5, 5.41) is 3.23. The van der Waals surface area contributed by atoms with E-state index in [9.17, 15) is 4.79 Å². The van der Waals surface area contributed by atoms with Crippen LogP contribution in [0.3, 0.4) is 0 Å². The SMILES string of the molecule is Nc1cc2c(cc1Oc1ccc(Br)cc1Cl)NC(=O)C2. The molecule has 0 fully saturated rings. The van der Waals surface area contributed by atoms with Gasteiger partial charge >= 0.3 is 0 Å². The summed E-state index contributed by atoms with van der Waals surface area (Å²) in [7, 11) is 0. The minimum Gasteiger partial charge on any atom is -0.454 e. The number of carbonyl (C=O) groups excluding carboxylic acids is 1. The first kappa shape index (κ1) is 13.3. The van der Waals surface area contributed by atoms with Crippen molar-refractivity contribution in [3.8, 4) is 11.5 Å². The van der Waals surface area contributed by atoms with E-state index in [2.05, 4.69) is 21.2 Å². The third-order valence-corrected chi connectivity index (χ3v) is 3.76. The Morgan fingerprint density at radius 2 is 2.05 bits per heavy atom. The molecule has 0 saturated heterocycles. The normalized spacial score (nSPS) is 13.0. The number of nitrogens with one attached hydrogen (secondary N) is 1. The van der Waals surface area contributed by atoms with E-state index in [1.807, 2.05) is 6.07 Å². The van der Waals surface area contributed by atoms with Crippen molar-refractivity contribution >= 4 is 44.8 Å². The smallest absolute Gasteiger partial charge is 0.228 e. The first-order chi connectivity index (χ1) is 9.52. The van der Waals surface area contributed by atoms with Gasteiger partial charge < -0.3 is 15.8 Å². The van der Waals surface area contributed by atoms with Crippen LogP contribution in [0.15, 0.2) is 34.8 Å². The fourth-order valence-electron chi connectivity index (χ4n) is 2.04. The van der Waals surface area contributed by atoms with Crippen LogP contribution in [-0.2, 0) is 11.2 Å². The summed E-state index contributed by atoms with van der Waals surface area (Å²) in [6.07, 6.45) is 0.346. The molecule has 1 aliphatic rings. The number of nitrogen functional groups attached to an aromatic ring is 1. The van der Waals surface area contributed by atoms with E-state index in [1.54, 1.807) is 24.3 Å². The molecule has 1 heterocycles. The molecule has 3 N–H and O–H groups in total. The Balaban J connectivity index is 1.95. The average molecular weight is 354 g/mol. The van der Waals surface area contributed by atoms with E-state index < -0.39 is 0 Å². The number of ether oxygens (including phenoxy) is 1. The maximum absolute atomic E-state index is 11.4. The highest BCUT2D eigenvalue weighted by molar-refractivity contribution is 9.10. The Bertz CT molecular complexity index is 719. The molecule has 2 aromatic rings. The van der Waals surface area contributed by atoms with Crippen molar-refractivity contribution in [2.24, 2.45) is 0 Å². The zero-order chi connectivity index (χ0) is 14.3. The molecule has 4 nitrogen and oxygen atoms in total. The van der Waals surface area contributed by atoms with Crippen molar-refractivity contribution in [2.45, 2.75) is 6.42 Å². The number of benzene rings is 2. The van der Waals surface area contributed by atoms with Gasteiger partial charge in [-0.1, -0.05) is 27.5 Å². The van der Waals surface area contributed by atoms with E-state index in [0.29, 0.717) is 28.6 Å². The summed E-state index contributed by atoms with van der Waals surface area (Å²) in [6, 6.07) is 8.77. The monoisotopic (exact) mass is 352 g/mol. The van der Waals surface area contributed by atoms with Crippen LogP contribution in [0.2, 0.25) is 5.02 Å². The zero-order valence-corrected chi connectivity index (χ0v) is 12.6. The molecule has 3 rings (SSSR count). The maximum Gasteiger partial charge on any atom is 0.228 e. The lowest BCUT2D eigenvalue weighted by atomic mass is 10.1. The van der Waals surface area contributed by atoms with Crippen LogP contribution in [-0.4, -0.2) is 5.91 Å². The molecular weight excluding hydrogens is 344 g/mol. The minimum atomic E-state index is -0.0433. The molecule has 6 heteroatoms. The van der Waals surface area contributed by atoms with E-state index in [-0.39, 0.29) is 5.91 Å². The first-order valence-electron chi connectivity index (χ1n) is 5.88. The number of amides is 1. The van der Waals surface area contributed by atoms with E-state index in [4.69, 9.17) is 22.1 Å². The predicted octanol–water partition coefficient (Wildman–Crippen LogP) is 3.97. The molecule has 1 aliphatic heterocycles. The van der Waals surface area contributed by atoms with Gasteiger partial charge in [0.25, 0.3) is 0 Å². The van der Waals surface area contributed by atoms with Crippen molar-refractivity contribution in [3.63, 3.8) is 0 Å². The second-order valence-electron chi connectivity index (χ2n) is 4.45. The molecular formula is C14H10BrClN2O2. The Morgan fingerprint density at radius 1 is 1.25 bits per heavy atom. The van der Waals surface area contributed by atoms with Crippen molar-refractivity contribution in [1.29, 1.82) is 0 Å². The number of hydrogen-bond donors (Lipinski definition) is 2. The number of anilines is 2. The summed E-state index contributed by atoms with van der Waals surface area (Å²) in [5.41, 5.74) is 8.03. The van der Waals surface area contributed by atoms with Crippen LogP contribution in [0.4, 0.5) is 11.4 Å². The highest BCUT2D eigenvalue weighted by atomic mass is 79.9. The lowest BCUT2D eigenvalue weighted by molar-refractivity contribution is -0.115. The molecule has 1 amide bonds. The molecule has 0 spiro atoms. The molecule has 0 radical (unpaired) electrons. The van der Waals surface area contributed by atoms with Crippen LogP contribution in [0.5, 0.6) is 11.5 Å². The lowest BCUT2D eigenvalue weighted by Crippen LogP contribution is -2.03. The summed E-state index contributed by atoms with van der Waals surface area (Å²) < 4.78 is 6.59. The average Bonchev–Trinajstić information content (AvgIpc) is 2.72. The lowest BCUT2D eigenvalue weighted by Gasteiger charge is -2.12. The molecule has 20 heavy (non-hydrogen) atoms. The molecule has 102 valence electrons. The number of halogens is 2. The predicted molar refractivity (Wildman–Crippen MR) is 82.4 cm³/mol. The van der Waals surface area contributed by atoms with Crippen LogP contribution in [0.1, 0.15) is 5.56 Å². The second-order valence-corrected chi connectivity index (χ2v) is 5.77. The fourth-order valence-corrected chi connectivity index (χ4v) is 2.75. The van der Waals surface area contributed by atoms with E-state index >= 15 is 0 Å². The molecule has 2 aromatic carbocycles. The largest absolute Gasteiger partial charge is 0.454 e. The molecule has 0 atom stereocenters. The minimum absolute atomic E-state index is 0.0433. The van der Waals surface area contributed by atoms with Gasteiger partial charge in [-0.05, 0) is 29.8 Å². The Kier molecular flexibility index (Phi) is 3.31. The van der Waals surface area contributed by atoms with E-state index in [0.717, 1.165) is 15.7 Å². The fraction of sp³-hybridized carbons (Fsp3) is 0.0714. The van der Waals surface area contributed by atoms with Crippen LogP contribution >= 0.6 is 27.5 Å². The number of nitrogens with two attached hydrogens (primary N) is 1. The summed E-state index contributed by atoms with van der Waals surface area (Å²) in [4.78, 5) is 11.4. The van der Waals surface area contributed by atoms with E-state index in [1.165, 1.54) is 0 Å². The van der Waals surface area contributed by atoms with Gasteiger partial charge in [0.05, 0.1) is 17.1 Å². The standard InChI is InChI=1S/C14H10BrClN2O2/c15-8-1-2-12(9(16)5-8)20-13-6-11-7(3-10(13)17)4-14(19)18-11/h1-3,5-6H,4,17H2,(H,18,19). The van der Waals surface area contributed by atoms with Gasteiger partial charge in [0.1, 0.15) is 5.75 Å². The molecule has 0 aliphatic carbocycles. The number of fused-ring (bicyclic) bond motifs is 1. The van der Waals surface area contributed by atoms with Gasteiger partial charge in [0, 0.05) is 16.2 Å². The highest BCUT2D eigenvalue weighted by Crippen LogP contribution is 2.38. The molecule has 0 unspecified atom stereocenters. The van der Waals surface area contributed by atoms with Crippen molar-refractivity contribution in [1.82, 2.24) is 0 Å². The zero-order valence-electron chi connectivity index (χ0n) is 10.2. The maximum atomic E-state index is 11.4. The van der Waals surface area contributed by atoms with Gasteiger partial charge in [-0.3, -0.25) is 4.79 Å². The topological polar surface area (TPSA) is 64.3 Å². The van der Waals surface area contributed by atoms with Gasteiger partial charge in [-0.2, -0.15) is 0 Å². The molecule has 0 aromatic heterocycles. The van der Waals surface area contributed by atoms with Crippen molar-refractivity contribution in [3.05, 3.63) is 45.4 Å². The number of hydrogen-bond acceptors (Lipinski definition) is 3. The third-order valence-electron chi connectivity index (χ3n) is 2.97. The van der Waals surface area contributed by atoms with Crippen LogP contribution in [0.25, 0.3) is 0 Å². The molecule has 0 bridgehead atoms. The summed E-state index contributed by atoms with van der Waals surface area (Å²) in [6.45, 7) is 0. The Labute approximate surface area is 129 Å². The second kappa shape index (κ2) is 5.00. The summed E-state index contributed by atoms with van der Waals surface area (Å²) in [5.74, 6) is 0.930. The quantitative estimate of drug-likeness (QED) is 0.803. The number of rotatable bonds is 2.